The highest BCUT2D eigenvalue weighted by Gasteiger charge is 2.22. The molecule has 1 aromatic carbocycles. The fraction of sp³-hybridized carbons (Fsp3) is 0.235. The molecule has 0 saturated heterocycles. The van der Waals surface area contributed by atoms with Gasteiger partial charge in [-0.25, -0.2) is 9.78 Å². The molecule has 24 heavy (non-hydrogen) atoms. The highest BCUT2D eigenvalue weighted by molar-refractivity contribution is 7.18. The number of aromatic amines is 1. The van der Waals surface area contributed by atoms with Crippen molar-refractivity contribution in [2.75, 3.05) is 12.4 Å². The lowest BCUT2D eigenvalue weighted by Gasteiger charge is -2.05. The zero-order valence-corrected chi connectivity index (χ0v) is 14.6. The molecule has 0 atom stereocenters. The molecule has 0 aliphatic heterocycles. The van der Waals surface area contributed by atoms with Crippen molar-refractivity contribution < 1.29 is 14.3 Å². The number of benzene rings is 1. The number of amides is 1. The summed E-state index contributed by atoms with van der Waals surface area (Å²) in [5.74, 6) is -0.756. The molecule has 2 aromatic heterocycles. The van der Waals surface area contributed by atoms with Crippen LogP contribution in [-0.2, 0) is 4.74 Å². The Bertz CT molecular complexity index is 956. The van der Waals surface area contributed by atoms with E-state index in [1.54, 1.807) is 25.2 Å². The second-order valence-electron chi connectivity index (χ2n) is 5.49. The van der Waals surface area contributed by atoms with Crippen molar-refractivity contribution >= 4 is 39.1 Å². The summed E-state index contributed by atoms with van der Waals surface area (Å²) in [7, 11) is 1.32. The molecule has 0 spiro atoms. The maximum absolute atomic E-state index is 12.5. The van der Waals surface area contributed by atoms with Crippen molar-refractivity contribution in [3.8, 4) is 0 Å². The summed E-state index contributed by atoms with van der Waals surface area (Å²) >= 11 is 1.57. The predicted molar refractivity (Wildman–Crippen MR) is 93.9 cm³/mol. The Morgan fingerprint density at radius 2 is 2.00 bits per heavy atom. The number of thiazole rings is 1. The Balaban J connectivity index is 1.90. The number of nitrogens with zero attached hydrogens (tertiary/aromatic N) is 1. The number of hydrogen-bond acceptors (Lipinski definition) is 5. The molecular weight excluding hydrogens is 326 g/mol. The van der Waals surface area contributed by atoms with E-state index >= 15 is 0 Å². The number of H-pyrrole nitrogens is 1. The van der Waals surface area contributed by atoms with Crippen LogP contribution in [0, 0.1) is 20.8 Å². The third-order valence-corrected chi connectivity index (χ3v) is 4.74. The van der Waals surface area contributed by atoms with E-state index in [0.29, 0.717) is 28.2 Å². The lowest BCUT2D eigenvalue weighted by atomic mass is 10.1. The minimum Gasteiger partial charge on any atom is -0.465 e. The molecule has 2 N–H and O–H groups in total. The van der Waals surface area contributed by atoms with E-state index in [1.165, 1.54) is 7.11 Å². The van der Waals surface area contributed by atoms with E-state index in [-0.39, 0.29) is 5.91 Å². The molecule has 3 rings (SSSR count). The molecule has 1 amide bonds. The van der Waals surface area contributed by atoms with E-state index in [1.807, 2.05) is 25.1 Å². The van der Waals surface area contributed by atoms with Crippen LogP contribution in [0.3, 0.4) is 0 Å². The maximum Gasteiger partial charge on any atom is 0.339 e. The molecule has 2 heterocycles. The van der Waals surface area contributed by atoms with Gasteiger partial charge in [-0.05, 0) is 44.5 Å². The summed E-state index contributed by atoms with van der Waals surface area (Å²) in [5.41, 5.74) is 3.53. The normalized spacial score (nSPS) is 10.8. The van der Waals surface area contributed by atoms with Gasteiger partial charge in [-0.1, -0.05) is 0 Å². The summed E-state index contributed by atoms with van der Waals surface area (Å²) in [6.45, 7) is 5.41. The van der Waals surface area contributed by atoms with Gasteiger partial charge in [0.05, 0.1) is 27.9 Å². The second kappa shape index (κ2) is 6.09. The summed E-state index contributed by atoms with van der Waals surface area (Å²) < 4.78 is 5.78. The number of aryl methyl sites for hydroxylation is 2. The Morgan fingerprint density at radius 3 is 2.71 bits per heavy atom. The maximum atomic E-state index is 12.5. The quantitative estimate of drug-likeness (QED) is 0.712. The number of rotatable bonds is 3. The molecular formula is C17H17N3O3S. The summed E-state index contributed by atoms with van der Waals surface area (Å²) in [5, 5.41) is 3.83. The molecule has 124 valence electrons. The van der Waals surface area contributed by atoms with Crippen LogP contribution < -0.4 is 5.32 Å². The number of nitrogens with one attached hydrogen (secondary N) is 2. The lowest BCUT2D eigenvalue weighted by Crippen LogP contribution is -2.14. The van der Waals surface area contributed by atoms with Crippen LogP contribution in [0.5, 0.6) is 0 Å². The van der Waals surface area contributed by atoms with Gasteiger partial charge in [0.1, 0.15) is 5.69 Å². The zero-order valence-electron chi connectivity index (χ0n) is 13.8. The number of hydrogen-bond donors (Lipinski definition) is 2. The van der Waals surface area contributed by atoms with Gasteiger partial charge in [-0.15, -0.1) is 11.3 Å². The van der Waals surface area contributed by atoms with E-state index in [9.17, 15) is 9.59 Å². The molecule has 0 saturated carbocycles. The van der Waals surface area contributed by atoms with Gasteiger partial charge in [-0.3, -0.25) is 4.79 Å². The molecule has 0 bridgehead atoms. The largest absolute Gasteiger partial charge is 0.465 e. The van der Waals surface area contributed by atoms with Crippen LogP contribution in [0.4, 0.5) is 5.69 Å². The van der Waals surface area contributed by atoms with Crippen molar-refractivity contribution in [3.63, 3.8) is 0 Å². The standard InChI is InChI=1S/C17H17N3O3S/c1-8-14(17(22)23-4)9(2)18-15(8)16(21)20-11-5-6-12-13(7-11)24-10(3)19-12/h5-7,18H,1-4H3,(H,20,21). The Labute approximate surface area is 142 Å². The minimum absolute atomic E-state index is 0.300. The predicted octanol–water partition coefficient (Wildman–Crippen LogP) is 3.59. The number of aromatic nitrogens is 2. The highest BCUT2D eigenvalue weighted by Crippen LogP contribution is 2.26. The van der Waals surface area contributed by atoms with Gasteiger partial charge in [0.2, 0.25) is 0 Å². The Kier molecular flexibility index (Phi) is 4.11. The van der Waals surface area contributed by atoms with Crippen LogP contribution in [-0.4, -0.2) is 29.0 Å². The van der Waals surface area contributed by atoms with E-state index in [4.69, 9.17) is 4.74 Å². The summed E-state index contributed by atoms with van der Waals surface area (Å²) in [6.07, 6.45) is 0. The Hall–Kier alpha value is -2.67. The second-order valence-corrected chi connectivity index (χ2v) is 6.72. The lowest BCUT2D eigenvalue weighted by molar-refractivity contribution is 0.0599. The number of methoxy groups -OCH3 is 1. The third kappa shape index (κ3) is 2.78. The van der Waals surface area contributed by atoms with Crippen LogP contribution >= 0.6 is 11.3 Å². The first-order chi connectivity index (χ1) is 11.4. The van der Waals surface area contributed by atoms with E-state index in [2.05, 4.69) is 15.3 Å². The molecule has 0 fully saturated rings. The number of fused-ring (bicyclic) bond motifs is 1. The molecule has 0 aliphatic rings. The molecule has 3 aromatic rings. The molecule has 6 nitrogen and oxygen atoms in total. The topological polar surface area (TPSA) is 84.1 Å². The number of anilines is 1. The first-order valence-corrected chi connectivity index (χ1v) is 8.18. The number of ether oxygens (including phenoxy) is 1. The van der Waals surface area contributed by atoms with Crippen molar-refractivity contribution in [2.45, 2.75) is 20.8 Å². The zero-order chi connectivity index (χ0) is 17.4. The molecule has 0 aliphatic carbocycles. The van der Waals surface area contributed by atoms with E-state index in [0.717, 1.165) is 15.2 Å². The van der Waals surface area contributed by atoms with Gasteiger partial charge in [-0.2, -0.15) is 0 Å². The molecule has 0 radical (unpaired) electrons. The number of carbonyl (C=O) groups excluding carboxylic acids is 2. The van der Waals surface area contributed by atoms with Crippen molar-refractivity contribution in [1.82, 2.24) is 9.97 Å². The van der Waals surface area contributed by atoms with E-state index < -0.39 is 5.97 Å². The molecule has 0 unspecified atom stereocenters. The summed E-state index contributed by atoms with van der Waals surface area (Å²) in [4.78, 5) is 31.7. The Morgan fingerprint density at radius 1 is 1.25 bits per heavy atom. The average molecular weight is 343 g/mol. The monoisotopic (exact) mass is 343 g/mol. The van der Waals surface area contributed by atoms with Crippen LogP contribution in [0.1, 0.15) is 37.1 Å². The van der Waals surface area contributed by atoms with Crippen LogP contribution in [0.25, 0.3) is 10.2 Å². The summed E-state index contributed by atoms with van der Waals surface area (Å²) in [6, 6.07) is 5.58. The minimum atomic E-state index is -0.457. The van der Waals surface area contributed by atoms with Gasteiger partial charge in [0.25, 0.3) is 5.91 Å². The third-order valence-electron chi connectivity index (χ3n) is 3.81. The SMILES string of the molecule is COC(=O)c1c(C)[nH]c(C(=O)Nc2ccc3nc(C)sc3c2)c1C. The fourth-order valence-corrected chi connectivity index (χ4v) is 3.56. The van der Waals surface area contributed by atoms with Crippen LogP contribution in [0.15, 0.2) is 18.2 Å². The van der Waals surface area contributed by atoms with Crippen molar-refractivity contribution in [3.05, 3.63) is 45.7 Å². The number of carbonyl (C=O) groups is 2. The van der Waals surface area contributed by atoms with Gasteiger partial charge >= 0.3 is 5.97 Å². The average Bonchev–Trinajstić information content (AvgIpc) is 3.05. The highest BCUT2D eigenvalue weighted by atomic mass is 32.1. The molecule has 7 heteroatoms. The number of esters is 1. The van der Waals surface area contributed by atoms with Gasteiger partial charge in [0.15, 0.2) is 0 Å². The van der Waals surface area contributed by atoms with Gasteiger partial charge in [0, 0.05) is 11.4 Å². The smallest absolute Gasteiger partial charge is 0.339 e. The first-order valence-electron chi connectivity index (χ1n) is 7.36. The fourth-order valence-electron chi connectivity index (χ4n) is 2.70. The van der Waals surface area contributed by atoms with Crippen molar-refractivity contribution in [1.29, 1.82) is 0 Å². The first kappa shape index (κ1) is 16.2. The van der Waals surface area contributed by atoms with Crippen molar-refractivity contribution in [2.24, 2.45) is 0 Å². The van der Waals surface area contributed by atoms with Crippen LogP contribution in [0.2, 0.25) is 0 Å². The van der Waals surface area contributed by atoms with Gasteiger partial charge < -0.3 is 15.0 Å².